The van der Waals surface area contributed by atoms with Crippen molar-refractivity contribution < 1.29 is 27.8 Å². The van der Waals surface area contributed by atoms with Crippen LogP contribution in [0.2, 0.25) is 0 Å². The Hall–Kier alpha value is -2.48. The monoisotopic (exact) mass is 368 g/mol. The van der Waals surface area contributed by atoms with E-state index in [-0.39, 0.29) is 31.8 Å². The lowest BCUT2D eigenvalue weighted by Crippen LogP contribution is -2.41. The van der Waals surface area contributed by atoms with E-state index in [1.807, 2.05) is 0 Å². The molecule has 140 valence electrons. The van der Waals surface area contributed by atoms with Crippen LogP contribution in [0, 0.1) is 0 Å². The van der Waals surface area contributed by atoms with Crippen LogP contribution >= 0.6 is 0 Å². The molecule has 0 bridgehead atoms. The number of amides is 1. The van der Waals surface area contributed by atoms with Crippen LogP contribution in [0.4, 0.5) is 13.2 Å². The van der Waals surface area contributed by atoms with Crippen molar-refractivity contribution in [3.8, 4) is 5.75 Å². The van der Waals surface area contributed by atoms with Gasteiger partial charge in [0.05, 0.1) is 12.7 Å². The molecule has 1 aromatic carbocycles. The number of ether oxygens (including phenoxy) is 1. The quantitative estimate of drug-likeness (QED) is 0.883. The fraction of sp³-hybridized carbons (Fsp3) is 0.389. The van der Waals surface area contributed by atoms with Crippen LogP contribution in [-0.2, 0) is 25.7 Å². The number of aliphatic hydroxyl groups excluding tert-OH is 1. The van der Waals surface area contributed by atoms with E-state index < -0.39 is 17.6 Å². The third-order valence-electron chi connectivity index (χ3n) is 4.47. The van der Waals surface area contributed by atoms with E-state index in [2.05, 4.69) is 0 Å². The third-order valence-corrected chi connectivity index (χ3v) is 4.47. The van der Waals surface area contributed by atoms with Crippen molar-refractivity contribution in [3.05, 3.63) is 52.8 Å². The van der Waals surface area contributed by atoms with Gasteiger partial charge in [0.25, 0.3) is 5.91 Å². The number of rotatable bonds is 5. The first kappa shape index (κ1) is 18.3. The molecule has 8 heteroatoms. The Balaban J connectivity index is 1.91. The van der Waals surface area contributed by atoms with E-state index in [1.54, 1.807) is 31.4 Å². The smallest absolute Gasteiger partial charge is 0.418 e. The topological polar surface area (TPSA) is 54.7 Å². The van der Waals surface area contributed by atoms with Gasteiger partial charge in [-0.3, -0.25) is 4.79 Å². The van der Waals surface area contributed by atoms with Crippen LogP contribution in [0.1, 0.15) is 27.3 Å². The van der Waals surface area contributed by atoms with E-state index in [0.29, 0.717) is 18.0 Å². The zero-order valence-corrected chi connectivity index (χ0v) is 14.2. The first-order chi connectivity index (χ1) is 12.3. The van der Waals surface area contributed by atoms with E-state index in [4.69, 9.17) is 9.84 Å². The highest BCUT2D eigenvalue weighted by Crippen LogP contribution is 2.36. The molecule has 0 aliphatic carbocycles. The molecule has 26 heavy (non-hydrogen) atoms. The van der Waals surface area contributed by atoms with Crippen molar-refractivity contribution in [2.75, 3.05) is 20.3 Å². The standard InChI is InChI=1S/C18H19F3N2O3/c1-26-14-4-2-12(3-5-14)11-22-7-8-23-13(6-9-24)10-15(18(19,20)21)16(23)17(22)25/h2-5,10,24H,6-9,11H2,1H3. The summed E-state index contributed by atoms with van der Waals surface area (Å²) in [6.45, 7) is 0.524. The first-order valence-corrected chi connectivity index (χ1v) is 8.17. The predicted octanol–water partition coefficient (Wildman–Crippen LogP) is 2.71. The Kier molecular flexibility index (Phi) is 4.95. The molecule has 3 rings (SSSR count). The van der Waals surface area contributed by atoms with Gasteiger partial charge >= 0.3 is 6.18 Å². The van der Waals surface area contributed by atoms with E-state index >= 15 is 0 Å². The highest BCUT2D eigenvalue weighted by atomic mass is 19.4. The number of benzene rings is 1. The average Bonchev–Trinajstić information content (AvgIpc) is 2.98. The molecule has 0 fully saturated rings. The molecular weight excluding hydrogens is 349 g/mol. The molecule has 1 aromatic heterocycles. The number of carbonyl (C=O) groups excluding carboxylic acids is 1. The Morgan fingerprint density at radius 1 is 1.19 bits per heavy atom. The van der Waals surface area contributed by atoms with Crippen molar-refractivity contribution in [1.29, 1.82) is 0 Å². The SMILES string of the molecule is COc1ccc(CN2CCn3c(CCO)cc(C(F)(F)F)c3C2=O)cc1. The molecule has 1 amide bonds. The van der Waals surface area contributed by atoms with E-state index in [0.717, 1.165) is 11.6 Å². The number of hydrogen-bond donors (Lipinski definition) is 1. The van der Waals surface area contributed by atoms with Crippen molar-refractivity contribution in [2.24, 2.45) is 0 Å². The van der Waals surface area contributed by atoms with Gasteiger partial charge in [0.15, 0.2) is 0 Å². The number of methoxy groups -OCH3 is 1. The second kappa shape index (κ2) is 7.03. The normalized spacial score (nSPS) is 14.5. The predicted molar refractivity (Wildman–Crippen MR) is 88.0 cm³/mol. The number of hydrogen-bond acceptors (Lipinski definition) is 3. The third kappa shape index (κ3) is 3.41. The molecule has 0 radical (unpaired) electrons. The van der Waals surface area contributed by atoms with Crippen molar-refractivity contribution in [2.45, 2.75) is 25.7 Å². The average molecular weight is 368 g/mol. The molecule has 2 aromatic rings. The largest absolute Gasteiger partial charge is 0.497 e. The van der Waals surface area contributed by atoms with E-state index in [9.17, 15) is 18.0 Å². The molecule has 1 N–H and O–H groups in total. The second-order valence-corrected chi connectivity index (χ2v) is 6.10. The Morgan fingerprint density at radius 3 is 2.46 bits per heavy atom. The number of alkyl halides is 3. The molecule has 0 atom stereocenters. The number of carbonyl (C=O) groups is 1. The summed E-state index contributed by atoms with van der Waals surface area (Å²) in [7, 11) is 1.54. The molecule has 0 spiro atoms. The maximum atomic E-state index is 13.4. The van der Waals surface area contributed by atoms with Gasteiger partial charge in [-0.2, -0.15) is 13.2 Å². The summed E-state index contributed by atoms with van der Waals surface area (Å²) in [5.41, 5.74) is -0.151. The van der Waals surface area contributed by atoms with Crippen molar-refractivity contribution in [1.82, 2.24) is 9.47 Å². The van der Waals surface area contributed by atoms with Gasteiger partial charge in [-0.1, -0.05) is 12.1 Å². The minimum Gasteiger partial charge on any atom is -0.497 e. The van der Waals surface area contributed by atoms with Gasteiger partial charge in [-0.15, -0.1) is 0 Å². The number of aromatic nitrogens is 1. The van der Waals surface area contributed by atoms with Crippen LogP contribution in [0.15, 0.2) is 30.3 Å². The van der Waals surface area contributed by atoms with Gasteiger partial charge in [-0.05, 0) is 23.8 Å². The highest BCUT2D eigenvalue weighted by Gasteiger charge is 2.41. The van der Waals surface area contributed by atoms with Gasteiger partial charge in [0, 0.05) is 38.4 Å². The summed E-state index contributed by atoms with van der Waals surface area (Å²) in [6, 6.07) is 8.02. The fourth-order valence-corrected chi connectivity index (χ4v) is 3.20. The van der Waals surface area contributed by atoms with Gasteiger partial charge < -0.3 is 19.3 Å². The van der Waals surface area contributed by atoms with Crippen LogP contribution < -0.4 is 4.74 Å². The van der Waals surface area contributed by atoms with Gasteiger partial charge in [0.1, 0.15) is 11.4 Å². The lowest BCUT2D eigenvalue weighted by molar-refractivity contribution is -0.138. The van der Waals surface area contributed by atoms with Crippen molar-refractivity contribution >= 4 is 5.91 Å². The van der Waals surface area contributed by atoms with E-state index in [1.165, 1.54) is 9.47 Å². The molecular formula is C18H19F3N2O3. The summed E-state index contributed by atoms with van der Waals surface area (Å²) in [6.07, 6.45) is -4.54. The molecule has 1 aliphatic heterocycles. The zero-order valence-electron chi connectivity index (χ0n) is 14.2. The number of aliphatic hydroxyl groups is 1. The lowest BCUT2D eigenvalue weighted by Gasteiger charge is -2.30. The van der Waals surface area contributed by atoms with Crippen LogP contribution in [0.3, 0.4) is 0 Å². The molecule has 1 aliphatic rings. The molecule has 2 heterocycles. The fourth-order valence-electron chi connectivity index (χ4n) is 3.20. The van der Waals surface area contributed by atoms with Gasteiger partial charge in [-0.25, -0.2) is 0 Å². The lowest BCUT2D eigenvalue weighted by atomic mass is 10.1. The van der Waals surface area contributed by atoms with Crippen LogP contribution in [-0.4, -0.2) is 40.7 Å². The summed E-state index contributed by atoms with van der Waals surface area (Å²) in [4.78, 5) is 14.2. The Bertz CT molecular complexity index is 797. The number of halogens is 3. The summed E-state index contributed by atoms with van der Waals surface area (Å²) in [5.74, 6) is 0.0178. The molecule has 0 saturated heterocycles. The van der Waals surface area contributed by atoms with Crippen molar-refractivity contribution in [3.63, 3.8) is 0 Å². The summed E-state index contributed by atoms with van der Waals surface area (Å²) >= 11 is 0. The maximum Gasteiger partial charge on any atom is 0.418 e. The van der Waals surface area contributed by atoms with Crippen LogP contribution in [0.5, 0.6) is 5.75 Å². The minimum atomic E-state index is -4.62. The Labute approximate surface area is 148 Å². The summed E-state index contributed by atoms with van der Waals surface area (Å²) < 4.78 is 46.6. The second-order valence-electron chi connectivity index (χ2n) is 6.10. The first-order valence-electron chi connectivity index (χ1n) is 8.17. The van der Waals surface area contributed by atoms with Gasteiger partial charge in [0.2, 0.25) is 0 Å². The maximum absolute atomic E-state index is 13.4. The highest BCUT2D eigenvalue weighted by molar-refractivity contribution is 5.95. The molecule has 0 saturated carbocycles. The number of fused-ring (bicyclic) bond motifs is 1. The number of nitrogens with zero attached hydrogens (tertiary/aromatic N) is 2. The Morgan fingerprint density at radius 2 is 1.88 bits per heavy atom. The zero-order chi connectivity index (χ0) is 18.9. The summed E-state index contributed by atoms with van der Waals surface area (Å²) in [5, 5.41) is 9.09. The van der Waals surface area contributed by atoms with Crippen LogP contribution in [0.25, 0.3) is 0 Å². The molecule has 0 unspecified atom stereocenters. The molecule has 5 nitrogen and oxygen atoms in total. The minimum absolute atomic E-state index is 0.0782.